The van der Waals surface area contributed by atoms with E-state index in [1.807, 2.05) is 31.2 Å². The fourth-order valence-electron chi connectivity index (χ4n) is 2.68. The monoisotopic (exact) mass is 339 g/mol. The number of hydrogen-bond donors (Lipinski definition) is 1. The Morgan fingerprint density at radius 2 is 1.64 bits per heavy atom. The molecule has 1 N–H and O–H groups in total. The average Bonchev–Trinajstić information content (AvgIpc) is 3.03. The van der Waals surface area contributed by atoms with Gasteiger partial charge in [0.05, 0.1) is 0 Å². The van der Waals surface area contributed by atoms with Gasteiger partial charge in [0.25, 0.3) is 0 Å². The molecule has 0 bridgehead atoms. The molecular formula is C20H18FNO3. The highest BCUT2D eigenvalue weighted by atomic mass is 19.1. The number of rotatable bonds is 6. The predicted molar refractivity (Wildman–Crippen MR) is 92.5 cm³/mol. The molecule has 5 heteroatoms. The minimum atomic E-state index is -0.823. The van der Waals surface area contributed by atoms with Crippen LogP contribution in [-0.2, 0) is 11.2 Å². The van der Waals surface area contributed by atoms with E-state index >= 15 is 0 Å². The third-order valence-corrected chi connectivity index (χ3v) is 3.96. The number of carbonyl (C=O) groups is 1. The zero-order valence-corrected chi connectivity index (χ0v) is 13.8. The maximum Gasteiger partial charge on any atom is 0.303 e. The van der Waals surface area contributed by atoms with Crippen molar-refractivity contribution >= 4 is 5.97 Å². The summed E-state index contributed by atoms with van der Waals surface area (Å²) in [6.45, 7) is 1.86. The molecule has 0 aliphatic heterocycles. The number of carboxylic acid groups (broad SMARTS) is 1. The Labute approximate surface area is 145 Å². The van der Waals surface area contributed by atoms with Crippen LogP contribution in [0.5, 0.6) is 0 Å². The summed E-state index contributed by atoms with van der Waals surface area (Å²) in [6.07, 6.45) is 2.15. The summed E-state index contributed by atoms with van der Waals surface area (Å²) in [4.78, 5) is 15.2. The first-order valence-electron chi connectivity index (χ1n) is 8.04. The SMILES string of the molecule is CC(CC(=O)O)Cc1nc(-c2ccc(-c3ccc(F)cc3)cc2)co1. The molecule has 4 nitrogen and oxygen atoms in total. The second-order valence-corrected chi connectivity index (χ2v) is 6.12. The summed E-state index contributed by atoms with van der Waals surface area (Å²) < 4.78 is 18.5. The molecule has 3 rings (SSSR count). The Morgan fingerprint density at radius 3 is 2.24 bits per heavy atom. The van der Waals surface area contributed by atoms with Crippen molar-refractivity contribution in [2.45, 2.75) is 19.8 Å². The van der Waals surface area contributed by atoms with E-state index < -0.39 is 5.97 Å². The van der Waals surface area contributed by atoms with E-state index in [1.54, 1.807) is 18.4 Å². The molecule has 0 saturated heterocycles. The molecular weight excluding hydrogens is 321 g/mol. The minimum absolute atomic E-state index is 0.0372. The molecule has 0 fully saturated rings. The molecule has 1 aromatic heterocycles. The van der Waals surface area contributed by atoms with Crippen molar-refractivity contribution < 1.29 is 18.7 Å². The first-order valence-corrected chi connectivity index (χ1v) is 8.04. The summed E-state index contributed by atoms with van der Waals surface area (Å²) in [5.74, 6) is -0.584. The number of aliphatic carboxylic acids is 1. The topological polar surface area (TPSA) is 63.3 Å². The van der Waals surface area contributed by atoms with E-state index in [1.165, 1.54) is 12.1 Å². The van der Waals surface area contributed by atoms with Crippen LogP contribution in [-0.4, -0.2) is 16.1 Å². The van der Waals surface area contributed by atoms with Gasteiger partial charge >= 0.3 is 5.97 Å². The predicted octanol–water partition coefficient (Wildman–Crippen LogP) is 4.80. The number of halogens is 1. The highest BCUT2D eigenvalue weighted by Gasteiger charge is 2.13. The van der Waals surface area contributed by atoms with Crippen molar-refractivity contribution in [3.63, 3.8) is 0 Å². The third-order valence-electron chi connectivity index (χ3n) is 3.96. The summed E-state index contributed by atoms with van der Waals surface area (Å²) in [7, 11) is 0. The number of oxazole rings is 1. The van der Waals surface area contributed by atoms with Gasteiger partial charge in [0.15, 0.2) is 5.89 Å². The van der Waals surface area contributed by atoms with Crippen LogP contribution >= 0.6 is 0 Å². The van der Waals surface area contributed by atoms with Gasteiger partial charge < -0.3 is 9.52 Å². The van der Waals surface area contributed by atoms with E-state index in [4.69, 9.17) is 9.52 Å². The van der Waals surface area contributed by atoms with Crippen molar-refractivity contribution in [2.24, 2.45) is 5.92 Å². The van der Waals surface area contributed by atoms with Crippen molar-refractivity contribution in [1.82, 2.24) is 4.98 Å². The second kappa shape index (κ2) is 7.30. The van der Waals surface area contributed by atoms with E-state index in [0.29, 0.717) is 18.0 Å². The fourth-order valence-corrected chi connectivity index (χ4v) is 2.68. The number of nitrogens with zero attached hydrogens (tertiary/aromatic N) is 1. The van der Waals surface area contributed by atoms with Crippen LogP contribution in [0.15, 0.2) is 59.2 Å². The first kappa shape index (κ1) is 16.9. The summed E-state index contributed by atoms with van der Waals surface area (Å²) >= 11 is 0. The van der Waals surface area contributed by atoms with Gasteiger partial charge in [-0.05, 0) is 29.2 Å². The van der Waals surface area contributed by atoms with E-state index in [0.717, 1.165) is 16.7 Å². The van der Waals surface area contributed by atoms with Crippen LogP contribution in [0.4, 0.5) is 4.39 Å². The van der Waals surface area contributed by atoms with Gasteiger partial charge in [0.2, 0.25) is 0 Å². The number of aromatic nitrogens is 1. The Morgan fingerprint density at radius 1 is 1.08 bits per heavy atom. The van der Waals surface area contributed by atoms with Crippen LogP contribution < -0.4 is 0 Å². The standard InChI is InChI=1S/C20H18FNO3/c1-13(11-20(23)24)10-19-22-18(12-25-19)16-4-2-14(3-5-16)15-6-8-17(21)9-7-15/h2-9,12-13H,10-11H2,1H3,(H,23,24). The van der Waals surface area contributed by atoms with Crippen LogP contribution in [0.2, 0.25) is 0 Å². The maximum atomic E-state index is 13.0. The highest BCUT2D eigenvalue weighted by molar-refractivity contribution is 5.68. The molecule has 0 aliphatic carbocycles. The average molecular weight is 339 g/mol. The van der Waals surface area contributed by atoms with E-state index in [2.05, 4.69) is 4.98 Å². The first-order chi connectivity index (χ1) is 12.0. The van der Waals surface area contributed by atoms with Crippen molar-refractivity contribution in [3.8, 4) is 22.4 Å². The lowest BCUT2D eigenvalue weighted by molar-refractivity contribution is -0.137. The molecule has 1 unspecified atom stereocenters. The maximum absolute atomic E-state index is 13.0. The lowest BCUT2D eigenvalue weighted by atomic mass is 10.0. The summed E-state index contributed by atoms with van der Waals surface area (Å²) in [5, 5.41) is 8.81. The lowest BCUT2D eigenvalue weighted by Crippen LogP contribution is -2.07. The number of benzene rings is 2. The Kier molecular flexibility index (Phi) is 4.93. The fraction of sp³-hybridized carbons (Fsp3) is 0.200. The van der Waals surface area contributed by atoms with E-state index in [9.17, 15) is 9.18 Å². The normalized spacial score (nSPS) is 12.1. The zero-order chi connectivity index (χ0) is 17.8. The Hall–Kier alpha value is -2.95. The van der Waals surface area contributed by atoms with Crippen molar-refractivity contribution in [3.05, 3.63) is 66.5 Å². The van der Waals surface area contributed by atoms with Gasteiger partial charge in [-0.25, -0.2) is 9.37 Å². The molecule has 0 spiro atoms. The molecule has 1 heterocycles. The van der Waals surface area contributed by atoms with Gasteiger partial charge in [-0.2, -0.15) is 0 Å². The quantitative estimate of drug-likeness (QED) is 0.700. The Balaban J connectivity index is 1.72. The zero-order valence-electron chi connectivity index (χ0n) is 13.8. The summed E-state index contributed by atoms with van der Waals surface area (Å²) in [6, 6.07) is 14.1. The highest BCUT2D eigenvalue weighted by Crippen LogP contribution is 2.25. The number of carboxylic acids is 1. The van der Waals surface area contributed by atoms with Crippen LogP contribution in [0, 0.1) is 11.7 Å². The van der Waals surface area contributed by atoms with Gasteiger partial charge in [-0.3, -0.25) is 4.79 Å². The Bertz CT molecular complexity index is 853. The molecule has 0 amide bonds. The molecule has 25 heavy (non-hydrogen) atoms. The largest absolute Gasteiger partial charge is 0.481 e. The van der Waals surface area contributed by atoms with Crippen LogP contribution in [0.1, 0.15) is 19.2 Å². The van der Waals surface area contributed by atoms with Gasteiger partial charge in [-0.1, -0.05) is 43.3 Å². The number of hydrogen-bond acceptors (Lipinski definition) is 3. The van der Waals surface area contributed by atoms with Gasteiger partial charge in [-0.15, -0.1) is 0 Å². The van der Waals surface area contributed by atoms with Crippen molar-refractivity contribution in [2.75, 3.05) is 0 Å². The summed E-state index contributed by atoms with van der Waals surface area (Å²) in [5.41, 5.74) is 3.55. The van der Waals surface area contributed by atoms with E-state index in [-0.39, 0.29) is 18.2 Å². The van der Waals surface area contributed by atoms with Gasteiger partial charge in [0, 0.05) is 18.4 Å². The molecule has 128 valence electrons. The molecule has 0 aliphatic rings. The van der Waals surface area contributed by atoms with Gasteiger partial charge in [0.1, 0.15) is 17.8 Å². The minimum Gasteiger partial charge on any atom is -0.481 e. The molecule has 1 atom stereocenters. The smallest absolute Gasteiger partial charge is 0.303 e. The molecule has 0 saturated carbocycles. The molecule has 0 radical (unpaired) electrons. The van der Waals surface area contributed by atoms with Crippen molar-refractivity contribution in [1.29, 1.82) is 0 Å². The van der Waals surface area contributed by atoms with Crippen LogP contribution in [0.25, 0.3) is 22.4 Å². The third kappa shape index (κ3) is 4.32. The molecule has 3 aromatic rings. The lowest BCUT2D eigenvalue weighted by Gasteiger charge is -2.04. The van der Waals surface area contributed by atoms with Crippen LogP contribution in [0.3, 0.4) is 0 Å². The molecule has 2 aromatic carbocycles. The second-order valence-electron chi connectivity index (χ2n) is 6.12.